The quantitative estimate of drug-likeness (QED) is 0.706. The van der Waals surface area contributed by atoms with Gasteiger partial charge in [0.2, 0.25) is 11.8 Å². The van der Waals surface area contributed by atoms with Crippen molar-refractivity contribution in [1.29, 1.82) is 0 Å². The molecule has 0 aliphatic rings. The van der Waals surface area contributed by atoms with Gasteiger partial charge in [-0.25, -0.2) is 0 Å². The zero-order valence-electron chi connectivity index (χ0n) is 14.2. The highest BCUT2D eigenvalue weighted by atomic mass is 16.2. The standard InChI is InChI=1S/C16H32N2O2/c1-12(2)10-13(19)17-8-9-18-14(20)16(6,7)11-15(3,4)5/h12H,8-11H2,1-7H3,(H,17,19)(H,18,20). The zero-order chi connectivity index (χ0) is 16.0. The van der Waals surface area contributed by atoms with Gasteiger partial charge in [-0.2, -0.15) is 0 Å². The maximum atomic E-state index is 12.1. The van der Waals surface area contributed by atoms with Crippen LogP contribution in [0.15, 0.2) is 0 Å². The zero-order valence-corrected chi connectivity index (χ0v) is 14.2. The third kappa shape index (κ3) is 8.94. The molecular weight excluding hydrogens is 252 g/mol. The van der Waals surface area contributed by atoms with Crippen LogP contribution in [0.1, 0.15) is 61.3 Å². The average molecular weight is 284 g/mol. The molecule has 0 unspecified atom stereocenters. The Balaban J connectivity index is 4.02. The summed E-state index contributed by atoms with van der Waals surface area (Å²) in [6, 6.07) is 0. The molecule has 2 amide bonds. The van der Waals surface area contributed by atoms with Gasteiger partial charge < -0.3 is 10.6 Å². The minimum atomic E-state index is -0.389. The molecule has 4 nitrogen and oxygen atoms in total. The molecule has 118 valence electrons. The van der Waals surface area contributed by atoms with Crippen LogP contribution in [0.4, 0.5) is 0 Å². The second kappa shape index (κ2) is 7.65. The summed E-state index contributed by atoms with van der Waals surface area (Å²) in [5, 5.41) is 5.72. The van der Waals surface area contributed by atoms with Crippen molar-refractivity contribution in [2.45, 2.75) is 61.3 Å². The van der Waals surface area contributed by atoms with Crippen LogP contribution >= 0.6 is 0 Å². The lowest BCUT2D eigenvalue weighted by Gasteiger charge is -2.31. The van der Waals surface area contributed by atoms with Crippen LogP contribution in [0, 0.1) is 16.7 Å². The van der Waals surface area contributed by atoms with Crippen molar-refractivity contribution in [2.75, 3.05) is 13.1 Å². The molecule has 0 aliphatic heterocycles. The number of hydrogen-bond donors (Lipinski definition) is 2. The van der Waals surface area contributed by atoms with Gasteiger partial charge >= 0.3 is 0 Å². The van der Waals surface area contributed by atoms with E-state index in [4.69, 9.17) is 0 Å². The molecule has 0 radical (unpaired) electrons. The first-order valence-corrected chi connectivity index (χ1v) is 7.49. The van der Waals surface area contributed by atoms with E-state index in [2.05, 4.69) is 31.4 Å². The van der Waals surface area contributed by atoms with E-state index in [1.807, 2.05) is 27.7 Å². The second-order valence-electron chi connectivity index (χ2n) is 7.83. The SMILES string of the molecule is CC(C)CC(=O)NCCNC(=O)C(C)(C)CC(C)(C)C. The van der Waals surface area contributed by atoms with Gasteiger partial charge in [0.25, 0.3) is 0 Å². The lowest BCUT2D eigenvalue weighted by molar-refractivity contribution is -0.131. The van der Waals surface area contributed by atoms with E-state index in [1.165, 1.54) is 0 Å². The van der Waals surface area contributed by atoms with E-state index in [0.29, 0.717) is 25.4 Å². The number of nitrogens with one attached hydrogen (secondary N) is 2. The summed E-state index contributed by atoms with van der Waals surface area (Å²) in [4.78, 5) is 23.6. The Kier molecular flexibility index (Phi) is 7.25. The molecule has 0 saturated heterocycles. The second-order valence-corrected chi connectivity index (χ2v) is 7.83. The fraction of sp³-hybridized carbons (Fsp3) is 0.875. The van der Waals surface area contributed by atoms with E-state index >= 15 is 0 Å². The smallest absolute Gasteiger partial charge is 0.225 e. The highest BCUT2D eigenvalue weighted by Crippen LogP contribution is 2.33. The van der Waals surface area contributed by atoms with Gasteiger partial charge in [0.15, 0.2) is 0 Å². The van der Waals surface area contributed by atoms with Crippen LogP contribution in [0.3, 0.4) is 0 Å². The number of rotatable bonds is 7. The van der Waals surface area contributed by atoms with Crippen molar-refractivity contribution >= 4 is 11.8 Å². The number of carbonyl (C=O) groups is 2. The monoisotopic (exact) mass is 284 g/mol. The Hall–Kier alpha value is -1.06. The highest BCUT2D eigenvalue weighted by molar-refractivity contribution is 5.82. The summed E-state index contributed by atoms with van der Waals surface area (Å²) in [6.45, 7) is 15.3. The van der Waals surface area contributed by atoms with Crippen LogP contribution in [-0.2, 0) is 9.59 Å². The van der Waals surface area contributed by atoms with Gasteiger partial charge in [-0.1, -0.05) is 48.5 Å². The summed E-state index contributed by atoms with van der Waals surface area (Å²) in [5.74, 6) is 0.448. The average Bonchev–Trinajstić information content (AvgIpc) is 2.19. The Morgan fingerprint density at radius 2 is 1.45 bits per heavy atom. The van der Waals surface area contributed by atoms with E-state index in [9.17, 15) is 9.59 Å². The van der Waals surface area contributed by atoms with Crippen LogP contribution in [0.2, 0.25) is 0 Å². The molecule has 0 atom stereocenters. The maximum Gasteiger partial charge on any atom is 0.225 e. The molecule has 2 N–H and O–H groups in total. The van der Waals surface area contributed by atoms with Crippen molar-refractivity contribution in [3.05, 3.63) is 0 Å². The van der Waals surface area contributed by atoms with E-state index < -0.39 is 0 Å². The van der Waals surface area contributed by atoms with Gasteiger partial charge in [0.1, 0.15) is 0 Å². The molecule has 0 saturated carbocycles. The van der Waals surface area contributed by atoms with Crippen molar-refractivity contribution in [3.63, 3.8) is 0 Å². The maximum absolute atomic E-state index is 12.1. The third-order valence-electron chi connectivity index (χ3n) is 2.91. The Morgan fingerprint density at radius 1 is 0.950 bits per heavy atom. The predicted molar refractivity (Wildman–Crippen MR) is 83.3 cm³/mol. The first-order valence-electron chi connectivity index (χ1n) is 7.49. The van der Waals surface area contributed by atoms with E-state index in [0.717, 1.165) is 6.42 Å². The summed E-state index contributed by atoms with van der Waals surface area (Å²) >= 11 is 0. The van der Waals surface area contributed by atoms with Crippen LogP contribution in [0.5, 0.6) is 0 Å². The summed E-state index contributed by atoms with van der Waals surface area (Å²) < 4.78 is 0. The van der Waals surface area contributed by atoms with Crippen molar-refractivity contribution in [3.8, 4) is 0 Å². The van der Waals surface area contributed by atoms with Crippen LogP contribution < -0.4 is 10.6 Å². The van der Waals surface area contributed by atoms with Crippen LogP contribution in [-0.4, -0.2) is 24.9 Å². The molecule has 0 bridgehead atoms. The molecule has 0 fully saturated rings. The minimum absolute atomic E-state index is 0.0446. The van der Waals surface area contributed by atoms with Gasteiger partial charge in [0.05, 0.1) is 0 Å². The van der Waals surface area contributed by atoms with Crippen molar-refractivity contribution in [2.24, 2.45) is 16.7 Å². The van der Waals surface area contributed by atoms with Crippen molar-refractivity contribution < 1.29 is 9.59 Å². The highest BCUT2D eigenvalue weighted by Gasteiger charge is 2.32. The molecule has 0 heterocycles. The third-order valence-corrected chi connectivity index (χ3v) is 2.91. The van der Waals surface area contributed by atoms with Gasteiger partial charge in [-0.15, -0.1) is 0 Å². The molecule has 0 aromatic rings. The molecule has 0 spiro atoms. The first kappa shape index (κ1) is 18.9. The van der Waals surface area contributed by atoms with Crippen LogP contribution in [0.25, 0.3) is 0 Å². The first-order chi connectivity index (χ1) is 8.94. The topological polar surface area (TPSA) is 58.2 Å². The largest absolute Gasteiger partial charge is 0.354 e. The Bertz CT molecular complexity index is 328. The molecule has 0 aliphatic carbocycles. The molecule has 0 aromatic carbocycles. The molecule has 0 aromatic heterocycles. The number of amides is 2. The van der Waals surface area contributed by atoms with Gasteiger partial charge in [-0.05, 0) is 17.8 Å². The number of hydrogen-bond acceptors (Lipinski definition) is 2. The van der Waals surface area contributed by atoms with Crippen molar-refractivity contribution in [1.82, 2.24) is 10.6 Å². The fourth-order valence-electron chi connectivity index (χ4n) is 2.47. The minimum Gasteiger partial charge on any atom is -0.354 e. The lowest BCUT2D eigenvalue weighted by atomic mass is 9.76. The van der Waals surface area contributed by atoms with Gasteiger partial charge in [-0.3, -0.25) is 9.59 Å². The summed E-state index contributed by atoms with van der Waals surface area (Å²) in [5.41, 5.74) is -0.271. The Labute approximate surface area is 124 Å². The van der Waals surface area contributed by atoms with E-state index in [1.54, 1.807) is 0 Å². The predicted octanol–water partition coefficient (Wildman–Crippen LogP) is 2.73. The normalized spacial score (nSPS) is 12.4. The van der Waals surface area contributed by atoms with Gasteiger partial charge in [0, 0.05) is 24.9 Å². The summed E-state index contributed by atoms with van der Waals surface area (Å²) in [6.07, 6.45) is 1.36. The molecule has 4 heteroatoms. The Morgan fingerprint density at radius 3 is 1.90 bits per heavy atom. The fourth-order valence-corrected chi connectivity index (χ4v) is 2.47. The lowest BCUT2D eigenvalue weighted by Crippen LogP contribution is -2.42. The molecule has 0 rings (SSSR count). The summed E-state index contributed by atoms with van der Waals surface area (Å²) in [7, 11) is 0. The van der Waals surface area contributed by atoms with E-state index in [-0.39, 0.29) is 22.6 Å². The molecular formula is C16H32N2O2. The number of carbonyl (C=O) groups excluding carboxylic acids is 2. The molecule has 20 heavy (non-hydrogen) atoms.